The van der Waals surface area contributed by atoms with E-state index in [1.54, 1.807) is 12.4 Å². The van der Waals surface area contributed by atoms with Crippen LogP contribution in [0.2, 0.25) is 0 Å². The van der Waals surface area contributed by atoms with Gasteiger partial charge >= 0.3 is 0 Å². The lowest BCUT2D eigenvalue weighted by molar-refractivity contribution is 1.28. The largest absolute Gasteiger partial charge is 0.383 e. The van der Waals surface area contributed by atoms with Crippen molar-refractivity contribution in [2.24, 2.45) is 0 Å². The molecular formula is C9H9N3. The maximum Gasteiger partial charge on any atom is 0.132 e. The van der Waals surface area contributed by atoms with Gasteiger partial charge in [0.1, 0.15) is 5.82 Å². The monoisotopic (exact) mass is 159 g/mol. The van der Waals surface area contributed by atoms with Crippen molar-refractivity contribution in [1.82, 2.24) is 9.97 Å². The Balaban J connectivity index is 2.94. The number of aryl methyl sites for hydroxylation is 1. The van der Waals surface area contributed by atoms with E-state index in [9.17, 15) is 0 Å². The fraction of sp³-hybridized carbons (Fsp3) is 0.111. The summed E-state index contributed by atoms with van der Waals surface area (Å²) in [5.74, 6) is 0.545. The Morgan fingerprint density at radius 1 is 1.25 bits per heavy atom. The minimum absolute atomic E-state index is 0.545. The quantitative estimate of drug-likeness (QED) is 0.634. The summed E-state index contributed by atoms with van der Waals surface area (Å²) in [7, 11) is 0. The number of hydrogen-bond acceptors (Lipinski definition) is 3. The predicted octanol–water partition coefficient (Wildman–Crippen LogP) is 1.52. The molecule has 0 saturated heterocycles. The Hall–Kier alpha value is -1.64. The summed E-state index contributed by atoms with van der Waals surface area (Å²) in [5, 5.41) is 2.05. The molecule has 2 rings (SSSR count). The molecule has 12 heavy (non-hydrogen) atoms. The molecule has 2 aromatic heterocycles. The Morgan fingerprint density at radius 3 is 2.83 bits per heavy atom. The first-order valence-corrected chi connectivity index (χ1v) is 3.74. The van der Waals surface area contributed by atoms with Crippen LogP contribution >= 0.6 is 0 Å². The van der Waals surface area contributed by atoms with Gasteiger partial charge < -0.3 is 5.73 Å². The van der Waals surface area contributed by atoms with E-state index in [1.807, 2.05) is 19.2 Å². The SMILES string of the molecule is Cc1cncc2c(N)nccc12. The van der Waals surface area contributed by atoms with Crippen LogP contribution in [0, 0.1) is 6.92 Å². The Bertz CT molecular complexity index is 382. The van der Waals surface area contributed by atoms with Crippen LogP contribution < -0.4 is 5.73 Å². The molecule has 0 aliphatic rings. The maximum absolute atomic E-state index is 5.67. The minimum atomic E-state index is 0.545. The van der Waals surface area contributed by atoms with Crippen molar-refractivity contribution < 1.29 is 0 Å². The van der Waals surface area contributed by atoms with Crippen molar-refractivity contribution >= 4 is 16.6 Å². The fourth-order valence-corrected chi connectivity index (χ4v) is 1.26. The number of nitrogens with zero attached hydrogens (tertiary/aromatic N) is 2. The van der Waals surface area contributed by atoms with Crippen molar-refractivity contribution in [2.75, 3.05) is 5.73 Å². The van der Waals surface area contributed by atoms with Gasteiger partial charge in [-0.2, -0.15) is 0 Å². The van der Waals surface area contributed by atoms with Crippen LogP contribution in [0.5, 0.6) is 0 Å². The average molecular weight is 159 g/mol. The van der Waals surface area contributed by atoms with Gasteiger partial charge in [-0.1, -0.05) is 0 Å². The van der Waals surface area contributed by atoms with Crippen LogP contribution in [0.4, 0.5) is 5.82 Å². The second-order valence-electron chi connectivity index (χ2n) is 2.75. The van der Waals surface area contributed by atoms with Gasteiger partial charge in [-0.15, -0.1) is 0 Å². The lowest BCUT2D eigenvalue weighted by atomic mass is 10.1. The van der Waals surface area contributed by atoms with E-state index in [0.717, 1.165) is 16.3 Å². The smallest absolute Gasteiger partial charge is 0.132 e. The Kier molecular flexibility index (Phi) is 1.43. The Labute approximate surface area is 70.3 Å². The maximum atomic E-state index is 5.67. The first-order chi connectivity index (χ1) is 5.79. The van der Waals surface area contributed by atoms with E-state index in [1.165, 1.54) is 0 Å². The van der Waals surface area contributed by atoms with Gasteiger partial charge in [0.15, 0.2) is 0 Å². The highest BCUT2D eigenvalue weighted by Gasteiger charge is 1.99. The summed E-state index contributed by atoms with van der Waals surface area (Å²) in [4.78, 5) is 8.04. The van der Waals surface area contributed by atoms with Gasteiger partial charge in [0, 0.05) is 24.0 Å². The number of hydrogen-bond donors (Lipinski definition) is 1. The third-order valence-corrected chi connectivity index (χ3v) is 1.92. The number of pyridine rings is 2. The van der Waals surface area contributed by atoms with Crippen molar-refractivity contribution in [3.63, 3.8) is 0 Å². The normalized spacial score (nSPS) is 10.4. The van der Waals surface area contributed by atoms with Gasteiger partial charge in [0.25, 0.3) is 0 Å². The van der Waals surface area contributed by atoms with Gasteiger partial charge in [0.05, 0.1) is 0 Å². The molecule has 2 N–H and O–H groups in total. The molecule has 0 amide bonds. The Morgan fingerprint density at radius 2 is 2.08 bits per heavy atom. The van der Waals surface area contributed by atoms with E-state index in [2.05, 4.69) is 9.97 Å². The summed E-state index contributed by atoms with van der Waals surface area (Å²) in [6, 6.07) is 1.95. The summed E-state index contributed by atoms with van der Waals surface area (Å²) in [5.41, 5.74) is 6.80. The number of nitrogens with two attached hydrogens (primary N) is 1. The van der Waals surface area contributed by atoms with Gasteiger partial charge in [0.2, 0.25) is 0 Å². The van der Waals surface area contributed by atoms with Crippen molar-refractivity contribution in [3.05, 3.63) is 30.2 Å². The predicted molar refractivity (Wildman–Crippen MR) is 48.7 cm³/mol. The van der Waals surface area contributed by atoms with E-state index >= 15 is 0 Å². The van der Waals surface area contributed by atoms with Crippen LogP contribution in [-0.4, -0.2) is 9.97 Å². The van der Waals surface area contributed by atoms with Crippen LogP contribution in [0.3, 0.4) is 0 Å². The van der Waals surface area contributed by atoms with Crippen LogP contribution in [-0.2, 0) is 0 Å². The summed E-state index contributed by atoms with van der Waals surface area (Å²) >= 11 is 0. The zero-order valence-electron chi connectivity index (χ0n) is 6.78. The van der Waals surface area contributed by atoms with Crippen LogP contribution in [0.1, 0.15) is 5.56 Å². The molecule has 0 unspecified atom stereocenters. The number of aromatic nitrogens is 2. The lowest BCUT2D eigenvalue weighted by Gasteiger charge is -2.01. The fourth-order valence-electron chi connectivity index (χ4n) is 1.26. The van der Waals surface area contributed by atoms with Crippen molar-refractivity contribution in [3.8, 4) is 0 Å². The van der Waals surface area contributed by atoms with Crippen molar-refractivity contribution in [2.45, 2.75) is 6.92 Å². The molecule has 0 fully saturated rings. The first-order valence-electron chi connectivity index (χ1n) is 3.74. The van der Waals surface area contributed by atoms with Gasteiger partial charge in [-0.3, -0.25) is 4.98 Å². The summed E-state index contributed by atoms with van der Waals surface area (Å²) < 4.78 is 0. The van der Waals surface area contributed by atoms with Crippen LogP contribution in [0.15, 0.2) is 24.7 Å². The minimum Gasteiger partial charge on any atom is -0.383 e. The van der Waals surface area contributed by atoms with Gasteiger partial charge in [-0.05, 0) is 23.9 Å². The molecule has 0 saturated carbocycles. The van der Waals surface area contributed by atoms with E-state index in [4.69, 9.17) is 5.73 Å². The van der Waals surface area contributed by atoms with E-state index < -0.39 is 0 Å². The molecule has 0 atom stereocenters. The zero-order valence-corrected chi connectivity index (χ0v) is 6.78. The highest BCUT2D eigenvalue weighted by molar-refractivity contribution is 5.91. The third kappa shape index (κ3) is 0.906. The highest BCUT2D eigenvalue weighted by Crippen LogP contribution is 2.19. The second-order valence-corrected chi connectivity index (χ2v) is 2.75. The molecule has 2 heterocycles. The molecule has 0 aromatic carbocycles. The summed E-state index contributed by atoms with van der Waals surface area (Å²) in [6.45, 7) is 2.01. The zero-order chi connectivity index (χ0) is 8.55. The molecule has 0 radical (unpaired) electrons. The number of anilines is 1. The van der Waals surface area contributed by atoms with Crippen LogP contribution in [0.25, 0.3) is 10.8 Å². The van der Waals surface area contributed by atoms with Gasteiger partial charge in [-0.25, -0.2) is 4.98 Å². The molecule has 2 aromatic rings. The molecule has 0 bridgehead atoms. The highest BCUT2D eigenvalue weighted by atomic mass is 14.8. The summed E-state index contributed by atoms with van der Waals surface area (Å²) in [6.07, 6.45) is 5.27. The molecule has 3 heteroatoms. The molecule has 0 aliphatic carbocycles. The third-order valence-electron chi connectivity index (χ3n) is 1.92. The lowest BCUT2D eigenvalue weighted by Crippen LogP contribution is -1.92. The van der Waals surface area contributed by atoms with E-state index in [0.29, 0.717) is 5.82 Å². The topological polar surface area (TPSA) is 51.8 Å². The van der Waals surface area contributed by atoms with Crippen molar-refractivity contribution in [1.29, 1.82) is 0 Å². The standard InChI is InChI=1S/C9H9N3/c1-6-4-11-5-8-7(6)2-3-12-9(8)10/h2-5H,1H3,(H2,10,12). The molecule has 60 valence electrons. The molecule has 0 aliphatic heterocycles. The molecule has 3 nitrogen and oxygen atoms in total. The molecular weight excluding hydrogens is 150 g/mol. The number of nitrogen functional groups attached to an aromatic ring is 1. The first kappa shape index (κ1) is 7.03. The number of fused-ring (bicyclic) bond motifs is 1. The average Bonchev–Trinajstić information content (AvgIpc) is 2.07. The number of rotatable bonds is 0. The second kappa shape index (κ2) is 2.44. The van der Waals surface area contributed by atoms with E-state index in [-0.39, 0.29) is 0 Å². The molecule has 0 spiro atoms.